The van der Waals surface area contributed by atoms with E-state index in [4.69, 9.17) is 14.2 Å². The van der Waals surface area contributed by atoms with Crippen LogP contribution in [0.3, 0.4) is 0 Å². The molecule has 0 saturated heterocycles. The largest absolute Gasteiger partial charge is 0.497 e. The standard InChI is InChI=1S/C30H31BrN2O3/c1-5-18-30(19-32,20-33)25-9-7-6-8-23(25)24(15-12-21-10-13-22(34-2)14-11-21)28-26(35-3)16-17-27(36-4)29(28)31/h5,9-17,23-24H,1,6-8,18H2,2-4H3. The Labute approximate surface area is 222 Å². The van der Waals surface area contributed by atoms with Crippen molar-refractivity contribution >= 4 is 22.0 Å². The molecular weight excluding hydrogens is 516 g/mol. The molecule has 0 spiro atoms. The predicted octanol–water partition coefficient (Wildman–Crippen LogP) is 7.61. The fraction of sp³-hybridized carbons (Fsp3) is 0.333. The highest BCUT2D eigenvalue weighted by molar-refractivity contribution is 9.10. The summed E-state index contributed by atoms with van der Waals surface area (Å²) < 4.78 is 17.5. The minimum atomic E-state index is -1.27. The van der Waals surface area contributed by atoms with Gasteiger partial charge in [0.2, 0.25) is 0 Å². The summed E-state index contributed by atoms with van der Waals surface area (Å²) in [5, 5.41) is 20.4. The molecule has 0 aliphatic heterocycles. The molecule has 5 nitrogen and oxygen atoms in total. The van der Waals surface area contributed by atoms with Gasteiger partial charge in [-0.15, -0.1) is 6.58 Å². The van der Waals surface area contributed by atoms with E-state index in [0.717, 1.165) is 46.2 Å². The number of ether oxygens (including phenoxy) is 3. The molecule has 0 amide bonds. The Hall–Kier alpha value is -3.48. The summed E-state index contributed by atoms with van der Waals surface area (Å²) in [5.41, 5.74) is 1.51. The molecule has 6 heteroatoms. The van der Waals surface area contributed by atoms with Gasteiger partial charge < -0.3 is 14.2 Å². The number of hydrogen-bond acceptors (Lipinski definition) is 5. The maximum atomic E-state index is 10.2. The molecule has 2 aromatic rings. The maximum absolute atomic E-state index is 10.2. The highest BCUT2D eigenvalue weighted by atomic mass is 79.9. The van der Waals surface area contributed by atoms with Gasteiger partial charge in [0.15, 0.2) is 5.41 Å². The van der Waals surface area contributed by atoms with Crippen LogP contribution in [0.1, 0.15) is 42.7 Å². The van der Waals surface area contributed by atoms with Crippen LogP contribution in [0.25, 0.3) is 6.08 Å². The number of halogens is 1. The minimum Gasteiger partial charge on any atom is -0.497 e. The van der Waals surface area contributed by atoms with Crippen molar-refractivity contribution in [1.29, 1.82) is 10.5 Å². The van der Waals surface area contributed by atoms with Crippen LogP contribution in [0.4, 0.5) is 0 Å². The average molecular weight is 547 g/mol. The van der Waals surface area contributed by atoms with E-state index in [-0.39, 0.29) is 18.3 Å². The fourth-order valence-corrected chi connectivity index (χ4v) is 5.66. The monoisotopic (exact) mass is 546 g/mol. The maximum Gasteiger partial charge on any atom is 0.168 e. The van der Waals surface area contributed by atoms with Gasteiger partial charge in [0.1, 0.15) is 17.2 Å². The Balaban J connectivity index is 2.22. The van der Waals surface area contributed by atoms with Crippen LogP contribution >= 0.6 is 15.9 Å². The summed E-state index contributed by atoms with van der Waals surface area (Å²) in [6.45, 7) is 3.82. The van der Waals surface area contributed by atoms with E-state index in [1.165, 1.54) is 0 Å². The number of methoxy groups -OCH3 is 3. The van der Waals surface area contributed by atoms with Gasteiger partial charge in [0.25, 0.3) is 0 Å². The Morgan fingerprint density at radius 2 is 1.72 bits per heavy atom. The highest BCUT2D eigenvalue weighted by Crippen LogP contribution is 2.51. The first-order valence-corrected chi connectivity index (χ1v) is 12.6. The van der Waals surface area contributed by atoms with Crippen LogP contribution in [-0.2, 0) is 0 Å². The number of hydrogen-bond donors (Lipinski definition) is 0. The lowest BCUT2D eigenvalue weighted by molar-refractivity contribution is 0.372. The summed E-state index contributed by atoms with van der Waals surface area (Å²) in [7, 11) is 4.92. The fourth-order valence-electron chi connectivity index (χ4n) is 4.91. The predicted molar refractivity (Wildman–Crippen MR) is 146 cm³/mol. The number of benzene rings is 2. The van der Waals surface area contributed by atoms with Gasteiger partial charge in [-0.25, -0.2) is 0 Å². The van der Waals surface area contributed by atoms with Crippen molar-refractivity contribution < 1.29 is 14.2 Å². The minimum absolute atomic E-state index is 0.0928. The first kappa shape index (κ1) is 27.1. The number of rotatable bonds is 10. The van der Waals surface area contributed by atoms with Crippen molar-refractivity contribution in [2.24, 2.45) is 11.3 Å². The molecule has 1 aliphatic carbocycles. The van der Waals surface area contributed by atoms with Crippen LogP contribution in [0.5, 0.6) is 17.2 Å². The molecule has 2 atom stereocenters. The lowest BCUT2D eigenvalue weighted by Gasteiger charge is -2.36. The third-order valence-electron chi connectivity index (χ3n) is 6.73. The van der Waals surface area contributed by atoms with Gasteiger partial charge in [-0.1, -0.05) is 36.4 Å². The van der Waals surface area contributed by atoms with E-state index in [0.29, 0.717) is 11.5 Å². The van der Waals surface area contributed by atoms with E-state index < -0.39 is 5.41 Å². The van der Waals surface area contributed by atoms with E-state index in [1.54, 1.807) is 27.4 Å². The Kier molecular flexibility index (Phi) is 9.39. The summed E-state index contributed by atoms with van der Waals surface area (Å²) >= 11 is 3.76. The first-order chi connectivity index (χ1) is 17.5. The summed E-state index contributed by atoms with van der Waals surface area (Å²) in [5.74, 6) is 1.90. The molecule has 36 heavy (non-hydrogen) atoms. The zero-order valence-corrected chi connectivity index (χ0v) is 22.5. The molecule has 0 fully saturated rings. The molecule has 0 heterocycles. The second kappa shape index (κ2) is 12.5. The van der Waals surface area contributed by atoms with E-state index >= 15 is 0 Å². The quantitative estimate of drug-likeness (QED) is 0.286. The molecule has 1 aliphatic rings. The summed E-state index contributed by atoms with van der Waals surface area (Å²) in [4.78, 5) is 0. The van der Waals surface area contributed by atoms with Crippen LogP contribution in [0.2, 0.25) is 0 Å². The molecule has 3 rings (SSSR count). The average Bonchev–Trinajstić information content (AvgIpc) is 2.93. The molecule has 0 radical (unpaired) electrons. The van der Waals surface area contributed by atoms with Crippen molar-refractivity contribution in [3.8, 4) is 29.4 Å². The van der Waals surface area contributed by atoms with Gasteiger partial charge >= 0.3 is 0 Å². The lowest BCUT2D eigenvalue weighted by Crippen LogP contribution is -2.29. The van der Waals surface area contributed by atoms with Crippen LogP contribution in [0.15, 0.2) is 71.3 Å². The van der Waals surface area contributed by atoms with Crippen molar-refractivity contribution in [1.82, 2.24) is 0 Å². The van der Waals surface area contributed by atoms with Gasteiger partial charge in [-0.2, -0.15) is 10.5 Å². The second-order valence-electron chi connectivity index (χ2n) is 8.67. The van der Waals surface area contributed by atoms with Gasteiger partial charge in [0, 0.05) is 17.9 Å². The van der Waals surface area contributed by atoms with Crippen LogP contribution in [0, 0.1) is 34.0 Å². The van der Waals surface area contributed by atoms with Crippen molar-refractivity contribution in [3.63, 3.8) is 0 Å². The van der Waals surface area contributed by atoms with Gasteiger partial charge in [0.05, 0.1) is 37.9 Å². The Bertz CT molecular complexity index is 1200. The first-order valence-electron chi connectivity index (χ1n) is 11.8. The van der Waals surface area contributed by atoms with Crippen molar-refractivity contribution in [2.75, 3.05) is 21.3 Å². The number of nitrogens with zero attached hydrogens (tertiary/aromatic N) is 2. The zero-order chi connectivity index (χ0) is 26.1. The van der Waals surface area contributed by atoms with Gasteiger partial charge in [-0.05, 0) is 76.5 Å². The molecule has 2 aromatic carbocycles. The molecule has 2 unspecified atom stereocenters. The summed E-state index contributed by atoms with van der Waals surface area (Å²) in [6, 6.07) is 16.2. The second-order valence-corrected chi connectivity index (χ2v) is 9.47. The van der Waals surface area contributed by atoms with E-state index in [9.17, 15) is 10.5 Å². The van der Waals surface area contributed by atoms with Gasteiger partial charge in [-0.3, -0.25) is 0 Å². The Morgan fingerprint density at radius 3 is 2.31 bits per heavy atom. The zero-order valence-electron chi connectivity index (χ0n) is 21.0. The molecule has 0 N–H and O–H groups in total. The lowest BCUT2D eigenvalue weighted by atomic mass is 9.65. The van der Waals surface area contributed by atoms with Crippen LogP contribution < -0.4 is 14.2 Å². The molecule has 0 aromatic heterocycles. The highest BCUT2D eigenvalue weighted by Gasteiger charge is 2.42. The van der Waals surface area contributed by atoms with Crippen molar-refractivity contribution in [3.05, 3.63) is 82.4 Å². The van der Waals surface area contributed by atoms with Crippen LogP contribution in [-0.4, -0.2) is 21.3 Å². The molecular formula is C30H31BrN2O3. The Morgan fingerprint density at radius 1 is 1.06 bits per heavy atom. The summed E-state index contributed by atoms with van der Waals surface area (Å²) in [6.07, 6.45) is 10.8. The van der Waals surface area contributed by atoms with E-state index in [2.05, 4.69) is 52.9 Å². The number of nitriles is 2. The third-order valence-corrected chi connectivity index (χ3v) is 7.55. The third kappa shape index (κ3) is 5.50. The van der Waals surface area contributed by atoms with Crippen molar-refractivity contribution in [2.45, 2.75) is 31.6 Å². The SMILES string of the molecule is C=CCC(C#N)(C#N)C1=CCCCC1C(C=Cc1ccc(OC)cc1)c1c(OC)ccc(OC)c1Br. The normalized spacial score (nSPS) is 16.4. The number of allylic oxidation sites excluding steroid dienone is 4. The molecule has 186 valence electrons. The topological polar surface area (TPSA) is 75.3 Å². The van der Waals surface area contributed by atoms with E-state index in [1.807, 2.05) is 36.4 Å². The smallest absolute Gasteiger partial charge is 0.168 e. The molecule has 0 saturated carbocycles. The molecule has 0 bridgehead atoms.